The minimum absolute atomic E-state index is 0.0334. The number of carbonyl (C=O) groups excluding carboxylic acids is 1. The van der Waals surface area contributed by atoms with E-state index in [1.54, 1.807) is 0 Å². The standard InChI is InChI=1S/C19H31NO4/c21-17(14-16-4-8-19(9-5-16)23-12-13-24-19)20-10-3-7-18(15-20)6-1-2-11-22-18/h16H,1-15H2. The van der Waals surface area contributed by atoms with Gasteiger partial charge in [0.05, 0.1) is 18.8 Å². The summed E-state index contributed by atoms with van der Waals surface area (Å²) < 4.78 is 17.7. The molecule has 1 aliphatic carbocycles. The van der Waals surface area contributed by atoms with Crippen LogP contribution in [0.2, 0.25) is 0 Å². The zero-order valence-electron chi connectivity index (χ0n) is 14.8. The Morgan fingerprint density at radius 3 is 2.38 bits per heavy atom. The minimum Gasteiger partial charge on any atom is -0.373 e. The third-order valence-electron chi connectivity index (χ3n) is 6.47. The number of hydrogen-bond donors (Lipinski definition) is 0. The quantitative estimate of drug-likeness (QED) is 0.777. The highest BCUT2D eigenvalue weighted by Crippen LogP contribution is 2.40. The van der Waals surface area contributed by atoms with Crippen LogP contribution in [0.1, 0.15) is 64.2 Å². The number of hydrogen-bond acceptors (Lipinski definition) is 4. The van der Waals surface area contributed by atoms with Gasteiger partial charge in [-0.15, -0.1) is 0 Å². The summed E-state index contributed by atoms with van der Waals surface area (Å²) in [6, 6.07) is 0. The van der Waals surface area contributed by atoms with E-state index in [2.05, 4.69) is 4.90 Å². The van der Waals surface area contributed by atoms with Gasteiger partial charge in [-0.2, -0.15) is 0 Å². The third-order valence-corrected chi connectivity index (χ3v) is 6.47. The molecule has 4 rings (SSSR count). The molecule has 0 aromatic carbocycles. The summed E-state index contributed by atoms with van der Waals surface area (Å²) in [5, 5.41) is 0. The molecule has 5 nitrogen and oxygen atoms in total. The predicted octanol–water partition coefficient (Wildman–Crippen LogP) is 2.87. The van der Waals surface area contributed by atoms with Crippen LogP contribution in [0.3, 0.4) is 0 Å². The van der Waals surface area contributed by atoms with Crippen LogP contribution in [0, 0.1) is 5.92 Å². The molecule has 0 bridgehead atoms. The Morgan fingerprint density at radius 2 is 1.67 bits per heavy atom. The van der Waals surface area contributed by atoms with Gasteiger partial charge in [0.1, 0.15) is 0 Å². The van der Waals surface area contributed by atoms with Crippen molar-refractivity contribution in [1.82, 2.24) is 4.90 Å². The van der Waals surface area contributed by atoms with Crippen LogP contribution in [0.5, 0.6) is 0 Å². The molecular formula is C19H31NO4. The van der Waals surface area contributed by atoms with Gasteiger partial charge in [-0.3, -0.25) is 4.79 Å². The molecule has 136 valence electrons. The zero-order valence-corrected chi connectivity index (χ0v) is 14.8. The molecule has 4 aliphatic rings. The molecule has 1 saturated carbocycles. The van der Waals surface area contributed by atoms with Crippen LogP contribution >= 0.6 is 0 Å². The summed E-state index contributed by atoms with van der Waals surface area (Å²) in [6.45, 7) is 4.03. The monoisotopic (exact) mass is 337 g/mol. The highest BCUT2D eigenvalue weighted by Gasteiger charge is 2.42. The number of piperidine rings is 1. The van der Waals surface area contributed by atoms with Gasteiger partial charge < -0.3 is 19.1 Å². The Labute approximate surface area is 145 Å². The van der Waals surface area contributed by atoms with Gasteiger partial charge in [0.15, 0.2) is 5.79 Å². The Balaban J connectivity index is 1.28. The van der Waals surface area contributed by atoms with Crippen molar-refractivity contribution in [2.24, 2.45) is 5.92 Å². The fraction of sp³-hybridized carbons (Fsp3) is 0.947. The number of rotatable bonds is 2. The van der Waals surface area contributed by atoms with E-state index in [0.717, 1.165) is 77.9 Å². The van der Waals surface area contributed by atoms with Crippen LogP contribution in [0.4, 0.5) is 0 Å². The van der Waals surface area contributed by atoms with Gasteiger partial charge in [0.25, 0.3) is 0 Å². The molecule has 0 aromatic heterocycles. The summed E-state index contributed by atoms with van der Waals surface area (Å²) in [5.74, 6) is 0.503. The molecule has 3 saturated heterocycles. The van der Waals surface area contributed by atoms with E-state index in [1.807, 2.05) is 0 Å². The highest BCUT2D eigenvalue weighted by molar-refractivity contribution is 5.76. The maximum Gasteiger partial charge on any atom is 0.222 e. The van der Waals surface area contributed by atoms with E-state index < -0.39 is 0 Å². The molecule has 1 atom stereocenters. The van der Waals surface area contributed by atoms with Gasteiger partial charge in [0.2, 0.25) is 5.91 Å². The number of ether oxygens (including phenoxy) is 3. The van der Waals surface area contributed by atoms with Gasteiger partial charge >= 0.3 is 0 Å². The first-order valence-electron chi connectivity index (χ1n) is 9.88. The second-order valence-electron chi connectivity index (χ2n) is 8.16. The smallest absolute Gasteiger partial charge is 0.222 e. The lowest BCUT2D eigenvalue weighted by Gasteiger charge is -2.45. The van der Waals surface area contributed by atoms with Crippen molar-refractivity contribution in [1.29, 1.82) is 0 Å². The third kappa shape index (κ3) is 3.49. The molecule has 3 heterocycles. The van der Waals surface area contributed by atoms with Crippen molar-refractivity contribution in [3.8, 4) is 0 Å². The van der Waals surface area contributed by atoms with Gasteiger partial charge in [-0.05, 0) is 50.9 Å². The molecule has 1 unspecified atom stereocenters. The molecular weight excluding hydrogens is 306 g/mol. The number of carbonyl (C=O) groups is 1. The molecule has 5 heteroatoms. The van der Waals surface area contributed by atoms with E-state index in [-0.39, 0.29) is 11.4 Å². The number of nitrogens with zero attached hydrogens (tertiary/aromatic N) is 1. The number of amides is 1. The van der Waals surface area contributed by atoms with Crippen molar-refractivity contribution in [3.05, 3.63) is 0 Å². The second-order valence-corrected chi connectivity index (χ2v) is 8.16. The van der Waals surface area contributed by atoms with Crippen molar-refractivity contribution < 1.29 is 19.0 Å². The van der Waals surface area contributed by atoms with Crippen molar-refractivity contribution in [2.75, 3.05) is 32.9 Å². The van der Waals surface area contributed by atoms with Crippen molar-refractivity contribution >= 4 is 5.91 Å². The first-order valence-corrected chi connectivity index (χ1v) is 9.88. The molecule has 0 radical (unpaired) electrons. The lowest BCUT2D eigenvalue weighted by molar-refractivity contribution is -0.183. The largest absolute Gasteiger partial charge is 0.373 e. The molecule has 1 amide bonds. The van der Waals surface area contributed by atoms with E-state index in [4.69, 9.17) is 14.2 Å². The maximum absolute atomic E-state index is 12.8. The summed E-state index contributed by atoms with van der Waals surface area (Å²) in [5.41, 5.74) is -0.0334. The summed E-state index contributed by atoms with van der Waals surface area (Å²) in [4.78, 5) is 14.9. The van der Waals surface area contributed by atoms with Crippen molar-refractivity contribution in [3.63, 3.8) is 0 Å². The summed E-state index contributed by atoms with van der Waals surface area (Å²) >= 11 is 0. The topological polar surface area (TPSA) is 48.0 Å². The summed E-state index contributed by atoms with van der Waals surface area (Å²) in [6.07, 6.45) is 10.4. The van der Waals surface area contributed by atoms with Crippen molar-refractivity contribution in [2.45, 2.75) is 75.6 Å². The van der Waals surface area contributed by atoms with Crippen LogP contribution in [0.15, 0.2) is 0 Å². The Bertz CT molecular complexity index is 439. The van der Waals surface area contributed by atoms with Crippen LogP contribution in [-0.2, 0) is 19.0 Å². The van der Waals surface area contributed by atoms with E-state index in [1.165, 1.54) is 12.8 Å². The molecule has 24 heavy (non-hydrogen) atoms. The summed E-state index contributed by atoms with van der Waals surface area (Å²) in [7, 11) is 0. The molecule has 2 spiro atoms. The van der Waals surface area contributed by atoms with E-state index in [0.29, 0.717) is 18.2 Å². The molecule has 0 N–H and O–H groups in total. The fourth-order valence-corrected chi connectivity index (χ4v) is 5.03. The van der Waals surface area contributed by atoms with E-state index >= 15 is 0 Å². The molecule has 4 fully saturated rings. The second kappa shape index (κ2) is 6.93. The van der Waals surface area contributed by atoms with Gasteiger partial charge in [-0.1, -0.05) is 0 Å². The SMILES string of the molecule is O=C(CC1CCC2(CC1)OCCO2)N1CCCC2(CCCCO2)C1. The maximum atomic E-state index is 12.8. The molecule has 0 aromatic rings. The predicted molar refractivity (Wildman–Crippen MR) is 89.6 cm³/mol. The lowest BCUT2D eigenvalue weighted by Crippen LogP contribution is -2.53. The Kier molecular flexibility index (Phi) is 4.85. The lowest BCUT2D eigenvalue weighted by atomic mass is 9.82. The average Bonchev–Trinajstić information content (AvgIpc) is 3.06. The van der Waals surface area contributed by atoms with Crippen LogP contribution in [0.25, 0.3) is 0 Å². The van der Waals surface area contributed by atoms with Gasteiger partial charge in [-0.25, -0.2) is 0 Å². The normalized spacial score (nSPS) is 34.1. The minimum atomic E-state index is -0.315. The van der Waals surface area contributed by atoms with Crippen LogP contribution in [-0.4, -0.2) is 55.1 Å². The van der Waals surface area contributed by atoms with Gasteiger partial charge in [0, 0.05) is 39.0 Å². The Hall–Kier alpha value is -0.650. The average molecular weight is 337 g/mol. The fourth-order valence-electron chi connectivity index (χ4n) is 5.03. The first-order chi connectivity index (χ1) is 11.7. The highest BCUT2D eigenvalue weighted by atomic mass is 16.7. The number of likely N-dealkylation sites (tertiary alicyclic amines) is 1. The Morgan fingerprint density at radius 1 is 0.917 bits per heavy atom. The molecule has 3 aliphatic heterocycles. The zero-order chi connectivity index (χ0) is 16.5. The van der Waals surface area contributed by atoms with Crippen LogP contribution < -0.4 is 0 Å². The van der Waals surface area contributed by atoms with E-state index in [9.17, 15) is 4.79 Å². The first kappa shape index (κ1) is 16.8.